The van der Waals surface area contributed by atoms with Gasteiger partial charge in [-0.05, 0) is 55.5 Å². The number of anilines is 1. The number of aryl methyl sites for hydroxylation is 2. The maximum absolute atomic E-state index is 10.4. The van der Waals surface area contributed by atoms with E-state index < -0.39 is 0 Å². The molecular weight excluding hydrogens is 324 g/mol. The zero-order valence-corrected chi connectivity index (χ0v) is 15.6. The van der Waals surface area contributed by atoms with E-state index in [4.69, 9.17) is 4.74 Å². The van der Waals surface area contributed by atoms with E-state index in [-0.39, 0.29) is 0 Å². The third-order valence-electron chi connectivity index (χ3n) is 5.57. The predicted octanol–water partition coefficient (Wildman–Crippen LogP) is 3.60. The fourth-order valence-electron chi connectivity index (χ4n) is 4.17. The summed E-state index contributed by atoms with van der Waals surface area (Å²) < 4.78 is 5.78. The van der Waals surface area contributed by atoms with Crippen molar-refractivity contribution in [2.24, 2.45) is 0 Å². The SMILES string of the molecule is CCOc1ccccc1N1CCN(Cc2cc3c(cc2O)CCC3)CC1. The van der Waals surface area contributed by atoms with E-state index in [0.717, 1.165) is 56.9 Å². The largest absolute Gasteiger partial charge is 0.508 e. The van der Waals surface area contributed by atoms with Crippen molar-refractivity contribution >= 4 is 5.69 Å². The molecule has 138 valence electrons. The van der Waals surface area contributed by atoms with Crippen molar-refractivity contribution in [3.63, 3.8) is 0 Å². The summed E-state index contributed by atoms with van der Waals surface area (Å²) in [4.78, 5) is 4.85. The van der Waals surface area contributed by atoms with Crippen LogP contribution in [0.2, 0.25) is 0 Å². The Kier molecular flexibility index (Phi) is 5.02. The number of rotatable bonds is 5. The van der Waals surface area contributed by atoms with Crippen LogP contribution < -0.4 is 9.64 Å². The number of nitrogens with zero attached hydrogens (tertiary/aromatic N) is 2. The molecule has 0 radical (unpaired) electrons. The van der Waals surface area contributed by atoms with E-state index >= 15 is 0 Å². The number of hydrogen-bond donors (Lipinski definition) is 1. The van der Waals surface area contributed by atoms with Crippen LogP contribution in [-0.2, 0) is 19.4 Å². The number of fused-ring (bicyclic) bond motifs is 1. The van der Waals surface area contributed by atoms with Gasteiger partial charge in [-0.15, -0.1) is 0 Å². The van der Waals surface area contributed by atoms with Crippen molar-refractivity contribution in [3.05, 3.63) is 53.1 Å². The van der Waals surface area contributed by atoms with Crippen LogP contribution in [0.25, 0.3) is 0 Å². The Morgan fingerprint density at radius 1 is 1.00 bits per heavy atom. The molecule has 2 aromatic rings. The normalized spacial score (nSPS) is 17.3. The first kappa shape index (κ1) is 17.2. The van der Waals surface area contributed by atoms with Crippen molar-refractivity contribution in [2.75, 3.05) is 37.7 Å². The summed E-state index contributed by atoms with van der Waals surface area (Å²) in [6, 6.07) is 12.5. The second-order valence-corrected chi connectivity index (χ2v) is 7.27. The van der Waals surface area contributed by atoms with Crippen LogP contribution in [0.15, 0.2) is 36.4 Å². The molecule has 0 saturated carbocycles. The lowest BCUT2D eigenvalue weighted by molar-refractivity contribution is 0.245. The minimum atomic E-state index is 0.467. The Labute approximate surface area is 156 Å². The maximum atomic E-state index is 10.4. The third kappa shape index (κ3) is 3.51. The van der Waals surface area contributed by atoms with Gasteiger partial charge in [0.2, 0.25) is 0 Å². The first-order chi connectivity index (χ1) is 12.7. The van der Waals surface area contributed by atoms with E-state index in [1.807, 2.05) is 25.1 Å². The van der Waals surface area contributed by atoms with Gasteiger partial charge in [0.15, 0.2) is 0 Å². The van der Waals surface area contributed by atoms with Gasteiger partial charge in [0.25, 0.3) is 0 Å². The number of phenols is 1. The topological polar surface area (TPSA) is 35.9 Å². The van der Waals surface area contributed by atoms with Crippen LogP contribution in [0.3, 0.4) is 0 Å². The lowest BCUT2D eigenvalue weighted by atomic mass is 10.0. The average Bonchev–Trinajstić information content (AvgIpc) is 3.11. The van der Waals surface area contributed by atoms with E-state index in [0.29, 0.717) is 12.4 Å². The summed E-state index contributed by atoms with van der Waals surface area (Å²) in [6.45, 7) is 7.51. The third-order valence-corrected chi connectivity index (χ3v) is 5.57. The summed E-state index contributed by atoms with van der Waals surface area (Å²) >= 11 is 0. The van der Waals surface area contributed by atoms with Crippen LogP contribution in [0.1, 0.15) is 30.0 Å². The van der Waals surface area contributed by atoms with Crippen LogP contribution in [0.4, 0.5) is 5.69 Å². The van der Waals surface area contributed by atoms with Gasteiger partial charge in [0.05, 0.1) is 12.3 Å². The Morgan fingerprint density at radius 2 is 1.73 bits per heavy atom. The molecular formula is C22H28N2O2. The van der Waals surface area contributed by atoms with E-state index in [1.165, 1.54) is 23.2 Å². The molecule has 0 amide bonds. The fraction of sp³-hybridized carbons (Fsp3) is 0.455. The predicted molar refractivity (Wildman–Crippen MR) is 105 cm³/mol. The van der Waals surface area contributed by atoms with Gasteiger partial charge in [-0.1, -0.05) is 18.2 Å². The van der Waals surface area contributed by atoms with Crippen LogP contribution >= 0.6 is 0 Å². The summed E-state index contributed by atoms with van der Waals surface area (Å²) in [6.07, 6.45) is 3.49. The Hall–Kier alpha value is -2.20. The number of benzene rings is 2. The summed E-state index contributed by atoms with van der Waals surface area (Å²) in [5.41, 5.74) is 5.04. The Bertz CT molecular complexity index is 767. The molecule has 2 aliphatic rings. The maximum Gasteiger partial charge on any atom is 0.142 e. The number of piperazine rings is 1. The molecule has 1 fully saturated rings. The summed E-state index contributed by atoms with van der Waals surface area (Å²) in [7, 11) is 0. The van der Waals surface area contributed by atoms with Crippen molar-refractivity contribution in [3.8, 4) is 11.5 Å². The molecule has 1 aliphatic carbocycles. The average molecular weight is 352 g/mol. The van der Waals surface area contributed by atoms with Crippen molar-refractivity contribution in [1.82, 2.24) is 4.90 Å². The summed E-state index contributed by atoms with van der Waals surface area (Å²) in [5.74, 6) is 1.44. The highest BCUT2D eigenvalue weighted by Gasteiger charge is 2.21. The molecule has 0 aromatic heterocycles. The van der Waals surface area contributed by atoms with Gasteiger partial charge in [0, 0.05) is 38.3 Å². The van der Waals surface area contributed by atoms with Gasteiger partial charge in [-0.25, -0.2) is 0 Å². The second kappa shape index (κ2) is 7.58. The minimum Gasteiger partial charge on any atom is -0.508 e. The Morgan fingerprint density at radius 3 is 2.50 bits per heavy atom. The highest BCUT2D eigenvalue weighted by Crippen LogP contribution is 2.31. The molecule has 0 bridgehead atoms. The Balaban J connectivity index is 1.40. The standard InChI is InChI=1S/C22H28N2O2/c1-2-26-22-9-4-3-8-20(22)24-12-10-23(11-13-24)16-19-14-17-6-5-7-18(17)15-21(19)25/h3-4,8-9,14-15,25H,2,5-7,10-13,16H2,1H3. The number of ether oxygens (including phenoxy) is 1. The van der Waals surface area contributed by atoms with Gasteiger partial charge in [0.1, 0.15) is 11.5 Å². The minimum absolute atomic E-state index is 0.467. The number of aromatic hydroxyl groups is 1. The molecule has 4 rings (SSSR count). The van der Waals surface area contributed by atoms with Gasteiger partial charge in [-0.3, -0.25) is 4.90 Å². The van der Waals surface area contributed by atoms with E-state index in [1.54, 1.807) is 0 Å². The molecule has 1 aliphatic heterocycles. The van der Waals surface area contributed by atoms with Crippen molar-refractivity contribution < 1.29 is 9.84 Å². The molecule has 0 spiro atoms. The fourth-order valence-corrected chi connectivity index (χ4v) is 4.17. The zero-order valence-electron chi connectivity index (χ0n) is 15.6. The molecule has 1 N–H and O–H groups in total. The molecule has 0 unspecified atom stereocenters. The van der Waals surface area contributed by atoms with Gasteiger partial charge < -0.3 is 14.7 Å². The number of para-hydroxylation sites is 2. The molecule has 4 heteroatoms. The number of phenolic OH excluding ortho intramolecular Hbond substituents is 1. The molecule has 4 nitrogen and oxygen atoms in total. The molecule has 1 saturated heterocycles. The summed E-state index contributed by atoms with van der Waals surface area (Å²) in [5, 5.41) is 10.4. The zero-order chi connectivity index (χ0) is 17.9. The van der Waals surface area contributed by atoms with Crippen LogP contribution in [0, 0.1) is 0 Å². The van der Waals surface area contributed by atoms with Crippen molar-refractivity contribution in [2.45, 2.75) is 32.7 Å². The van der Waals surface area contributed by atoms with E-state index in [2.05, 4.69) is 28.0 Å². The highest BCUT2D eigenvalue weighted by molar-refractivity contribution is 5.58. The van der Waals surface area contributed by atoms with Gasteiger partial charge >= 0.3 is 0 Å². The first-order valence-corrected chi connectivity index (χ1v) is 9.77. The highest BCUT2D eigenvalue weighted by atomic mass is 16.5. The molecule has 2 aromatic carbocycles. The van der Waals surface area contributed by atoms with E-state index in [9.17, 15) is 5.11 Å². The lowest BCUT2D eigenvalue weighted by Gasteiger charge is -2.36. The quantitative estimate of drug-likeness (QED) is 0.892. The monoisotopic (exact) mass is 352 g/mol. The lowest BCUT2D eigenvalue weighted by Crippen LogP contribution is -2.46. The molecule has 1 heterocycles. The first-order valence-electron chi connectivity index (χ1n) is 9.77. The second-order valence-electron chi connectivity index (χ2n) is 7.27. The smallest absolute Gasteiger partial charge is 0.142 e. The molecule has 0 atom stereocenters. The molecule has 26 heavy (non-hydrogen) atoms. The van der Waals surface area contributed by atoms with Gasteiger partial charge in [-0.2, -0.15) is 0 Å². The van der Waals surface area contributed by atoms with Crippen LogP contribution in [0.5, 0.6) is 11.5 Å². The number of hydrogen-bond acceptors (Lipinski definition) is 4. The van der Waals surface area contributed by atoms with Crippen molar-refractivity contribution in [1.29, 1.82) is 0 Å². The van der Waals surface area contributed by atoms with Crippen LogP contribution in [-0.4, -0.2) is 42.8 Å².